The molecule has 0 saturated carbocycles. The summed E-state index contributed by atoms with van der Waals surface area (Å²) in [5.74, 6) is 0. The van der Waals surface area contributed by atoms with Crippen molar-refractivity contribution in [3.05, 3.63) is 18.7 Å². The van der Waals surface area contributed by atoms with E-state index in [0.29, 0.717) is 0 Å². The average molecular weight is 326 g/mol. The van der Waals surface area contributed by atoms with E-state index >= 15 is 0 Å². The van der Waals surface area contributed by atoms with Crippen LogP contribution in [0, 0.1) is 13.8 Å². The highest BCUT2D eigenvalue weighted by molar-refractivity contribution is 9.11. The number of aryl methyl sites for hydroxylation is 2. The predicted molar refractivity (Wildman–Crippen MR) is 64.6 cm³/mol. The molecule has 0 saturated heterocycles. The molecule has 0 nitrogen and oxygen atoms in total. The molecule has 2 aromatic heterocycles. The van der Waals surface area contributed by atoms with Crippen LogP contribution in [0.3, 0.4) is 0 Å². The minimum absolute atomic E-state index is 1.26. The Hall–Kier alpha value is 0.620. The Balaban J connectivity index is 2.93. The summed E-state index contributed by atoms with van der Waals surface area (Å²) in [7, 11) is 0. The zero-order valence-corrected chi connectivity index (χ0v) is 11.4. The molecule has 2 heterocycles. The summed E-state index contributed by atoms with van der Waals surface area (Å²) in [6.45, 7) is 4.32. The van der Waals surface area contributed by atoms with Crippen molar-refractivity contribution in [3.63, 3.8) is 0 Å². The summed E-state index contributed by atoms with van der Waals surface area (Å²) in [6.07, 6.45) is 0. The third-order valence-corrected chi connectivity index (χ3v) is 6.55. The molecule has 0 radical (unpaired) electrons. The first kappa shape index (κ1) is 9.19. The van der Waals surface area contributed by atoms with Gasteiger partial charge in [-0.15, -0.1) is 22.7 Å². The second-order valence-electron chi connectivity index (χ2n) is 2.66. The van der Waals surface area contributed by atoms with Gasteiger partial charge in [0.25, 0.3) is 0 Å². The highest BCUT2D eigenvalue weighted by Gasteiger charge is 2.13. The van der Waals surface area contributed by atoms with Crippen LogP contribution in [0.2, 0.25) is 0 Å². The van der Waals surface area contributed by atoms with Crippen LogP contribution in [0.4, 0.5) is 0 Å². The molecule has 64 valence electrons. The topological polar surface area (TPSA) is 0 Å². The maximum atomic E-state index is 3.56. The van der Waals surface area contributed by atoms with Gasteiger partial charge in [-0.2, -0.15) is 0 Å². The molecule has 0 atom stereocenters. The smallest absolute Gasteiger partial charge is 0.0748 e. The molecule has 0 N–H and O–H groups in total. The van der Waals surface area contributed by atoms with Gasteiger partial charge in [-0.1, -0.05) is 0 Å². The van der Waals surface area contributed by atoms with Gasteiger partial charge in [-0.3, -0.25) is 0 Å². The third kappa shape index (κ3) is 1.20. The number of hydrogen-bond donors (Lipinski definition) is 0. The Bertz CT molecular complexity index is 397. The lowest BCUT2D eigenvalue weighted by Crippen LogP contribution is -1.59. The molecule has 2 aromatic rings. The minimum Gasteiger partial charge on any atom is -0.127 e. The molecular weight excluding hydrogens is 320 g/mol. The van der Waals surface area contributed by atoms with E-state index < -0.39 is 0 Å². The second-order valence-corrected chi connectivity index (χ2v) is 7.34. The van der Waals surface area contributed by atoms with Crippen LogP contribution in [-0.4, -0.2) is 0 Å². The van der Waals surface area contributed by atoms with Crippen molar-refractivity contribution in [3.8, 4) is 0 Å². The Kier molecular flexibility index (Phi) is 2.36. The van der Waals surface area contributed by atoms with E-state index in [-0.39, 0.29) is 0 Å². The maximum absolute atomic E-state index is 3.56. The van der Waals surface area contributed by atoms with Gasteiger partial charge in [0, 0.05) is 0 Å². The predicted octanol–water partition coefficient (Wildman–Crippen LogP) is 5.10. The first-order valence-electron chi connectivity index (χ1n) is 3.44. The van der Waals surface area contributed by atoms with Gasteiger partial charge in [0.05, 0.1) is 17.0 Å². The standard InChI is InChI=1S/C8H6Br2S2/c1-3-5-6(12-7(3)9)4(2)8(10)11-5/h1-2H3. The van der Waals surface area contributed by atoms with Crippen molar-refractivity contribution >= 4 is 63.9 Å². The molecule has 2 rings (SSSR count). The Labute approximate surface area is 95.9 Å². The van der Waals surface area contributed by atoms with Gasteiger partial charge in [-0.05, 0) is 56.8 Å². The normalized spacial score (nSPS) is 11.3. The van der Waals surface area contributed by atoms with Crippen molar-refractivity contribution in [1.82, 2.24) is 0 Å². The lowest BCUT2D eigenvalue weighted by Gasteiger charge is -1.84. The van der Waals surface area contributed by atoms with Crippen molar-refractivity contribution in [2.45, 2.75) is 13.8 Å². The average Bonchev–Trinajstić information content (AvgIpc) is 2.43. The largest absolute Gasteiger partial charge is 0.127 e. The zero-order valence-electron chi connectivity index (χ0n) is 6.57. The van der Waals surface area contributed by atoms with Gasteiger partial charge in [-0.25, -0.2) is 0 Å². The van der Waals surface area contributed by atoms with E-state index in [1.807, 2.05) is 22.7 Å². The Morgan fingerprint density at radius 3 is 1.50 bits per heavy atom. The molecule has 0 unspecified atom stereocenters. The molecule has 0 aliphatic heterocycles. The second kappa shape index (κ2) is 3.08. The summed E-state index contributed by atoms with van der Waals surface area (Å²) < 4.78 is 5.35. The SMILES string of the molecule is Cc1c(Br)sc2c(C)c(Br)sc12. The van der Waals surface area contributed by atoms with Crippen LogP contribution < -0.4 is 0 Å². The summed E-state index contributed by atoms with van der Waals surface area (Å²) in [4.78, 5) is 0. The van der Waals surface area contributed by atoms with E-state index in [0.717, 1.165) is 0 Å². The number of thiophene rings is 2. The van der Waals surface area contributed by atoms with Crippen LogP contribution in [0.15, 0.2) is 7.57 Å². The monoisotopic (exact) mass is 324 g/mol. The summed E-state index contributed by atoms with van der Waals surface area (Å²) in [6, 6.07) is 0. The van der Waals surface area contributed by atoms with E-state index in [9.17, 15) is 0 Å². The molecule has 0 fully saturated rings. The molecular formula is C8H6Br2S2. The molecule has 0 bridgehead atoms. The van der Waals surface area contributed by atoms with E-state index in [2.05, 4.69) is 45.7 Å². The quantitative estimate of drug-likeness (QED) is 0.631. The first-order chi connectivity index (χ1) is 5.61. The van der Waals surface area contributed by atoms with Gasteiger partial charge in [0.2, 0.25) is 0 Å². The molecule has 4 heteroatoms. The van der Waals surface area contributed by atoms with Crippen molar-refractivity contribution < 1.29 is 0 Å². The van der Waals surface area contributed by atoms with Gasteiger partial charge in [0.15, 0.2) is 0 Å². The highest BCUT2D eigenvalue weighted by atomic mass is 79.9. The summed E-state index contributed by atoms with van der Waals surface area (Å²) in [5, 5.41) is 0. The van der Waals surface area contributed by atoms with Gasteiger partial charge >= 0.3 is 0 Å². The fourth-order valence-electron chi connectivity index (χ4n) is 1.10. The lowest BCUT2D eigenvalue weighted by molar-refractivity contribution is 1.58. The number of hydrogen-bond acceptors (Lipinski definition) is 2. The molecule has 0 aromatic carbocycles. The fraction of sp³-hybridized carbons (Fsp3) is 0.250. The highest BCUT2D eigenvalue weighted by Crippen LogP contribution is 2.44. The number of halogens is 2. The molecule has 0 amide bonds. The third-order valence-electron chi connectivity index (χ3n) is 1.86. The van der Waals surface area contributed by atoms with Crippen LogP contribution in [-0.2, 0) is 0 Å². The molecule has 0 aliphatic rings. The summed E-state index contributed by atoms with van der Waals surface area (Å²) >= 11 is 10.8. The molecule has 0 spiro atoms. The minimum atomic E-state index is 1.26. The zero-order chi connectivity index (χ0) is 8.88. The van der Waals surface area contributed by atoms with E-state index in [1.165, 1.54) is 28.1 Å². The molecule has 0 aliphatic carbocycles. The van der Waals surface area contributed by atoms with Crippen LogP contribution in [0.25, 0.3) is 9.40 Å². The van der Waals surface area contributed by atoms with Crippen LogP contribution in [0.1, 0.15) is 11.1 Å². The van der Waals surface area contributed by atoms with E-state index in [4.69, 9.17) is 0 Å². The fourth-order valence-corrected chi connectivity index (χ4v) is 4.98. The Morgan fingerprint density at radius 1 is 0.833 bits per heavy atom. The molecule has 12 heavy (non-hydrogen) atoms. The number of fused-ring (bicyclic) bond motifs is 1. The van der Waals surface area contributed by atoms with Crippen molar-refractivity contribution in [2.24, 2.45) is 0 Å². The van der Waals surface area contributed by atoms with Crippen molar-refractivity contribution in [2.75, 3.05) is 0 Å². The first-order valence-corrected chi connectivity index (χ1v) is 6.66. The summed E-state index contributed by atoms with van der Waals surface area (Å²) in [5.41, 5.74) is 2.74. The maximum Gasteiger partial charge on any atom is 0.0748 e. The number of rotatable bonds is 0. The lowest BCUT2D eigenvalue weighted by atomic mass is 10.3. The van der Waals surface area contributed by atoms with E-state index in [1.54, 1.807) is 0 Å². The Morgan fingerprint density at radius 2 is 1.17 bits per heavy atom. The van der Waals surface area contributed by atoms with Crippen LogP contribution in [0.5, 0.6) is 0 Å². The van der Waals surface area contributed by atoms with Gasteiger partial charge in [0.1, 0.15) is 0 Å². The van der Waals surface area contributed by atoms with Crippen molar-refractivity contribution in [1.29, 1.82) is 0 Å². The van der Waals surface area contributed by atoms with Crippen LogP contribution >= 0.6 is 54.5 Å². The van der Waals surface area contributed by atoms with Gasteiger partial charge < -0.3 is 0 Å².